The van der Waals surface area contributed by atoms with Gasteiger partial charge in [-0.1, -0.05) is 42.6 Å². The maximum atomic E-state index is 14.1. The normalized spacial score (nSPS) is 16.7. The minimum atomic E-state index is -4.03. The molecule has 1 heterocycles. The highest BCUT2D eigenvalue weighted by molar-refractivity contribution is 7.89. The van der Waals surface area contributed by atoms with Gasteiger partial charge in [-0.3, -0.25) is 0 Å². The number of anilines is 1. The van der Waals surface area contributed by atoms with Crippen LogP contribution in [0.4, 0.5) is 5.69 Å². The van der Waals surface area contributed by atoms with E-state index in [-0.39, 0.29) is 46.1 Å². The molecule has 2 fully saturated rings. The van der Waals surface area contributed by atoms with Crippen molar-refractivity contribution in [3.05, 3.63) is 88.4 Å². The van der Waals surface area contributed by atoms with Gasteiger partial charge in [0.15, 0.2) is 0 Å². The number of ether oxygens (including phenoxy) is 1. The van der Waals surface area contributed by atoms with E-state index in [1.54, 1.807) is 28.6 Å². The van der Waals surface area contributed by atoms with Crippen molar-refractivity contribution in [2.75, 3.05) is 32.5 Å². The lowest BCUT2D eigenvalue weighted by atomic mass is 9.98. The number of carbonyl (C=O) groups excluding carboxylic acids is 1. The Balaban J connectivity index is 1.42. The first-order chi connectivity index (χ1) is 22.0. The lowest BCUT2D eigenvalue weighted by molar-refractivity contribution is 0.0602. The summed E-state index contributed by atoms with van der Waals surface area (Å²) in [5, 5.41) is 3.89. The third-order valence-electron chi connectivity index (χ3n) is 8.85. The lowest BCUT2D eigenvalue weighted by Crippen LogP contribution is -2.39. The molecular weight excluding hydrogens is 648 g/mol. The molecule has 3 aromatic carbocycles. The van der Waals surface area contributed by atoms with Gasteiger partial charge in [-0.2, -0.15) is 8.61 Å². The Bertz CT molecular complexity index is 1720. The van der Waals surface area contributed by atoms with E-state index in [4.69, 9.17) is 22.1 Å². The van der Waals surface area contributed by atoms with Crippen molar-refractivity contribution in [1.29, 1.82) is 0 Å². The Morgan fingerprint density at radius 2 is 1.43 bits per heavy atom. The first kappa shape index (κ1) is 34.3. The average molecular weight is 689 g/mol. The van der Waals surface area contributed by atoms with E-state index in [9.17, 15) is 21.6 Å². The maximum absolute atomic E-state index is 14.1. The summed E-state index contributed by atoms with van der Waals surface area (Å²) in [6.07, 6.45) is 5.12. The Kier molecular flexibility index (Phi) is 11.1. The van der Waals surface area contributed by atoms with Crippen LogP contribution in [-0.2, 0) is 37.9 Å². The summed E-state index contributed by atoms with van der Waals surface area (Å²) < 4.78 is 64.0. The molecular formula is C33H41ClN4O6S2. The molecule has 3 N–H and O–H groups in total. The molecule has 0 amide bonds. The van der Waals surface area contributed by atoms with E-state index in [1.165, 1.54) is 41.7 Å². The van der Waals surface area contributed by atoms with Gasteiger partial charge in [0.25, 0.3) is 0 Å². The van der Waals surface area contributed by atoms with Crippen LogP contribution < -0.4 is 11.1 Å². The molecule has 5 rings (SSSR count). The van der Waals surface area contributed by atoms with Crippen LogP contribution in [0.3, 0.4) is 0 Å². The number of sulfonamides is 2. The van der Waals surface area contributed by atoms with Crippen LogP contribution in [0.1, 0.15) is 60.0 Å². The fourth-order valence-electron chi connectivity index (χ4n) is 6.25. The highest BCUT2D eigenvalue weighted by Gasteiger charge is 2.34. The zero-order chi connectivity index (χ0) is 32.9. The highest BCUT2D eigenvalue weighted by Crippen LogP contribution is 2.32. The molecule has 248 valence electrons. The molecule has 3 aromatic rings. The average Bonchev–Trinajstić information content (AvgIpc) is 3.59. The Morgan fingerprint density at radius 3 is 2.02 bits per heavy atom. The first-order valence-corrected chi connectivity index (χ1v) is 18.8. The van der Waals surface area contributed by atoms with Crippen molar-refractivity contribution in [3.8, 4) is 0 Å². The zero-order valence-corrected chi connectivity index (χ0v) is 28.3. The molecule has 0 atom stereocenters. The monoisotopic (exact) mass is 688 g/mol. The summed E-state index contributed by atoms with van der Waals surface area (Å²) in [6, 6.07) is 17.3. The van der Waals surface area contributed by atoms with E-state index in [0.29, 0.717) is 17.1 Å². The number of halogens is 1. The largest absolute Gasteiger partial charge is 0.465 e. The second-order valence-electron chi connectivity index (χ2n) is 12.0. The van der Waals surface area contributed by atoms with Gasteiger partial charge >= 0.3 is 5.97 Å². The van der Waals surface area contributed by atoms with E-state index >= 15 is 0 Å². The van der Waals surface area contributed by atoms with Gasteiger partial charge in [0, 0.05) is 36.4 Å². The van der Waals surface area contributed by atoms with Gasteiger partial charge in [-0.25, -0.2) is 21.6 Å². The van der Waals surface area contributed by atoms with Crippen molar-refractivity contribution in [2.45, 2.75) is 67.4 Å². The molecule has 0 bridgehead atoms. The molecule has 1 saturated heterocycles. The fourth-order valence-corrected chi connectivity index (χ4v) is 9.55. The zero-order valence-electron chi connectivity index (χ0n) is 25.9. The summed E-state index contributed by atoms with van der Waals surface area (Å²) >= 11 is 6.06. The Hall–Kier alpha value is -3.00. The Labute approximate surface area is 277 Å². The molecule has 2 aliphatic rings. The standard InChI is InChI=1S/C33H41ClN4O6S2/c1-44-33(39)31-15-8-26(20-32(31)35)22-37(21-25-16-18-36-19-17-25)45(40,41)29-11-13-30(14-12-29)46(42,43)38(28-4-2-3-5-28)23-24-6-9-27(34)10-7-24/h6-15,20,25,28,36H,2-5,16-19,21-23,35H2,1H3. The van der Waals surface area contributed by atoms with Gasteiger partial charge in [0.1, 0.15) is 0 Å². The summed E-state index contributed by atoms with van der Waals surface area (Å²) in [6.45, 7) is 2.14. The molecule has 10 nitrogen and oxygen atoms in total. The highest BCUT2D eigenvalue weighted by atomic mass is 35.5. The van der Waals surface area contributed by atoms with Gasteiger partial charge in [0.2, 0.25) is 20.0 Å². The molecule has 0 radical (unpaired) electrons. The SMILES string of the molecule is COC(=O)c1ccc(CN(CC2CCNCC2)S(=O)(=O)c2ccc(S(=O)(=O)N(Cc3ccc(Cl)cc3)C3CCCC3)cc2)cc1N. The number of benzene rings is 3. The molecule has 0 spiro atoms. The molecule has 1 aliphatic heterocycles. The van der Waals surface area contributed by atoms with Crippen LogP contribution in [0.5, 0.6) is 0 Å². The van der Waals surface area contributed by atoms with Crippen LogP contribution in [0, 0.1) is 5.92 Å². The van der Waals surface area contributed by atoms with E-state index in [1.807, 2.05) is 12.1 Å². The maximum Gasteiger partial charge on any atom is 0.339 e. The van der Waals surface area contributed by atoms with Crippen LogP contribution in [-0.4, -0.2) is 64.2 Å². The summed E-state index contributed by atoms with van der Waals surface area (Å²) in [7, 11) is -6.70. The summed E-state index contributed by atoms with van der Waals surface area (Å²) in [5.74, 6) is -0.423. The molecule has 1 saturated carbocycles. The number of rotatable bonds is 12. The van der Waals surface area contributed by atoms with Crippen molar-refractivity contribution in [1.82, 2.24) is 13.9 Å². The number of hydrogen-bond acceptors (Lipinski definition) is 8. The minimum absolute atomic E-state index is 0.00431. The van der Waals surface area contributed by atoms with E-state index in [0.717, 1.165) is 57.2 Å². The predicted octanol–water partition coefficient (Wildman–Crippen LogP) is 5.03. The number of esters is 1. The second-order valence-corrected chi connectivity index (χ2v) is 16.3. The van der Waals surface area contributed by atoms with Crippen molar-refractivity contribution < 1.29 is 26.4 Å². The predicted molar refractivity (Wildman–Crippen MR) is 178 cm³/mol. The van der Waals surface area contributed by atoms with Gasteiger partial charge < -0.3 is 15.8 Å². The smallest absolute Gasteiger partial charge is 0.339 e. The topological polar surface area (TPSA) is 139 Å². The van der Waals surface area contributed by atoms with E-state index < -0.39 is 26.0 Å². The third-order valence-corrected chi connectivity index (χ3v) is 12.8. The van der Waals surface area contributed by atoms with Gasteiger partial charge in [-0.15, -0.1) is 0 Å². The molecule has 1 aliphatic carbocycles. The molecule has 46 heavy (non-hydrogen) atoms. The summed E-state index contributed by atoms with van der Waals surface area (Å²) in [5.41, 5.74) is 7.97. The van der Waals surface area contributed by atoms with Crippen LogP contribution >= 0.6 is 11.6 Å². The number of nitrogen functional groups attached to an aromatic ring is 1. The third kappa shape index (κ3) is 7.92. The molecule has 13 heteroatoms. The minimum Gasteiger partial charge on any atom is -0.465 e. The quantitative estimate of drug-likeness (QED) is 0.200. The van der Waals surface area contributed by atoms with Crippen LogP contribution in [0.25, 0.3) is 0 Å². The van der Waals surface area contributed by atoms with Crippen molar-refractivity contribution in [2.24, 2.45) is 5.92 Å². The second kappa shape index (κ2) is 14.8. The summed E-state index contributed by atoms with van der Waals surface area (Å²) in [4.78, 5) is 12.1. The van der Waals surface area contributed by atoms with Gasteiger partial charge in [-0.05, 0) is 104 Å². The van der Waals surface area contributed by atoms with E-state index in [2.05, 4.69) is 5.32 Å². The number of hydrogen-bond donors (Lipinski definition) is 2. The number of methoxy groups -OCH3 is 1. The number of nitrogens with one attached hydrogen (secondary N) is 1. The number of nitrogens with two attached hydrogens (primary N) is 1. The molecule has 0 aromatic heterocycles. The van der Waals surface area contributed by atoms with Crippen LogP contribution in [0.2, 0.25) is 5.02 Å². The van der Waals surface area contributed by atoms with Crippen molar-refractivity contribution in [3.63, 3.8) is 0 Å². The van der Waals surface area contributed by atoms with Crippen LogP contribution in [0.15, 0.2) is 76.5 Å². The van der Waals surface area contributed by atoms with Gasteiger partial charge in [0.05, 0.1) is 22.5 Å². The number of nitrogens with zero attached hydrogens (tertiary/aromatic N) is 2. The lowest BCUT2D eigenvalue weighted by Gasteiger charge is -2.30. The first-order valence-electron chi connectivity index (χ1n) is 15.5. The van der Waals surface area contributed by atoms with Crippen molar-refractivity contribution >= 4 is 43.3 Å². The number of carbonyl (C=O) groups is 1. The molecule has 0 unspecified atom stereocenters. The fraction of sp³-hybridized carbons (Fsp3) is 0.424. The number of piperidine rings is 1. The Morgan fingerprint density at radius 1 is 0.848 bits per heavy atom.